The zero-order valence-corrected chi connectivity index (χ0v) is 15.4. The molecule has 0 aromatic heterocycles. The number of ketones is 1. The number of carbonyl (C=O) groups excluding carboxylic acids is 1. The molecule has 1 aromatic rings. The molecule has 6 heteroatoms. The van der Waals surface area contributed by atoms with Crippen molar-refractivity contribution in [1.29, 1.82) is 0 Å². The molecule has 0 radical (unpaired) electrons. The first-order chi connectivity index (χ1) is 12.4. The molecule has 0 amide bonds. The molecule has 0 spiro atoms. The normalized spacial score (nSPS) is 23.4. The van der Waals surface area contributed by atoms with Gasteiger partial charge < -0.3 is 9.64 Å². The van der Waals surface area contributed by atoms with Gasteiger partial charge in [0.05, 0.1) is 19.7 Å². The van der Waals surface area contributed by atoms with Crippen molar-refractivity contribution in [1.82, 2.24) is 9.80 Å². The van der Waals surface area contributed by atoms with Crippen LogP contribution in [0.3, 0.4) is 0 Å². The maximum Gasteiger partial charge on any atom is 0.261 e. The minimum Gasteiger partial charge on any atom is -0.494 e. The summed E-state index contributed by atoms with van der Waals surface area (Å²) in [5.41, 5.74) is 0.540. The summed E-state index contributed by atoms with van der Waals surface area (Å²) < 4.78 is 32.1. The molecule has 2 heterocycles. The third-order valence-electron chi connectivity index (χ3n) is 5.34. The number of ether oxygens (including phenoxy) is 1. The average molecular weight is 366 g/mol. The molecule has 2 fully saturated rings. The summed E-state index contributed by atoms with van der Waals surface area (Å²) in [5, 5.41) is 0. The fourth-order valence-electron chi connectivity index (χ4n) is 3.76. The summed E-state index contributed by atoms with van der Waals surface area (Å²) in [4.78, 5) is 16.2. The number of carbonyl (C=O) groups is 1. The van der Waals surface area contributed by atoms with Crippen molar-refractivity contribution >= 4 is 5.78 Å². The van der Waals surface area contributed by atoms with E-state index in [-0.39, 0.29) is 31.8 Å². The molecule has 144 valence electrons. The Hall–Kier alpha value is -1.53. The Labute approximate surface area is 154 Å². The summed E-state index contributed by atoms with van der Waals surface area (Å²) >= 11 is 0. The van der Waals surface area contributed by atoms with Gasteiger partial charge in [-0.1, -0.05) is 0 Å². The van der Waals surface area contributed by atoms with Gasteiger partial charge in [-0.3, -0.25) is 9.69 Å². The van der Waals surface area contributed by atoms with E-state index >= 15 is 0 Å². The molecule has 0 unspecified atom stereocenters. The summed E-state index contributed by atoms with van der Waals surface area (Å²) in [6.07, 6.45) is 3.38. The quantitative estimate of drug-likeness (QED) is 0.521. The highest BCUT2D eigenvalue weighted by Gasteiger charge is 2.38. The molecule has 0 N–H and O–H groups in total. The van der Waals surface area contributed by atoms with Crippen LogP contribution in [0.5, 0.6) is 5.75 Å². The van der Waals surface area contributed by atoms with E-state index in [4.69, 9.17) is 4.74 Å². The second-order valence-corrected chi connectivity index (χ2v) is 7.49. The van der Waals surface area contributed by atoms with Crippen molar-refractivity contribution in [3.63, 3.8) is 0 Å². The van der Waals surface area contributed by atoms with Crippen LogP contribution in [0.1, 0.15) is 43.0 Å². The zero-order chi connectivity index (χ0) is 18.6. The number of Topliss-reactive ketones (excluding diaryl/α,β-unsaturated/α-hetero) is 1. The highest BCUT2D eigenvalue weighted by atomic mass is 19.3. The lowest BCUT2D eigenvalue weighted by molar-refractivity contribution is 0.0127. The predicted molar refractivity (Wildman–Crippen MR) is 97.2 cm³/mol. The Bertz CT molecular complexity index is 606. The van der Waals surface area contributed by atoms with Gasteiger partial charge in [-0.2, -0.15) is 0 Å². The number of hydrogen-bond donors (Lipinski definition) is 0. The standard InChI is InChI=1S/C20H28F2N2O2/c1-16-4-2-10-24(16)11-3-13-26-18-7-5-17(6-8-18)19(25)14-23-12-9-20(21,22)15-23/h5-8,16H,2-4,9-15H2,1H3/t16-/m1/s1. The van der Waals surface area contributed by atoms with E-state index in [0.29, 0.717) is 18.2 Å². The summed E-state index contributed by atoms with van der Waals surface area (Å²) in [6.45, 7) is 5.15. The second kappa shape index (κ2) is 8.44. The summed E-state index contributed by atoms with van der Waals surface area (Å²) in [7, 11) is 0. The van der Waals surface area contributed by atoms with Crippen LogP contribution < -0.4 is 4.74 Å². The van der Waals surface area contributed by atoms with Crippen LogP contribution in [0, 0.1) is 0 Å². The molecule has 0 saturated carbocycles. The van der Waals surface area contributed by atoms with Crippen molar-refractivity contribution < 1.29 is 18.3 Å². The van der Waals surface area contributed by atoms with Crippen molar-refractivity contribution in [2.45, 2.75) is 44.6 Å². The first kappa shape index (κ1) is 19.2. The maximum absolute atomic E-state index is 13.2. The minimum absolute atomic E-state index is 0.0454. The third kappa shape index (κ3) is 5.24. The van der Waals surface area contributed by atoms with Crippen LogP contribution in [0.25, 0.3) is 0 Å². The topological polar surface area (TPSA) is 32.8 Å². The molecule has 4 nitrogen and oxygen atoms in total. The Balaban J connectivity index is 1.39. The van der Waals surface area contributed by atoms with Crippen LogP contribution in [-0.4, -0.2) is 66.9 Å². The zero-order valence-electron chi connectivity index (χ0n) is 15.4. The summed E-state index contributed by atoms with van der Waals surface area (Å²) in [6, 6.07) is 7.67. The second-order valence-electron chi connectivity index (χ2n) is 7.49. The molecule has 2 aliphatic heterocycles. The van der Waals surface area contributed by atoms with Gasteiger partial charge >= 0.3 is 0 Å². The van der Waals surface area contributed by atoms with Crippen molar-refractivity contribution in [2.24, 2.45) is 0 Å². The van der Waals surface area contributed by atoms with E-state index in [2.05, 4.69) is 11.8 Å². The largest absolute Gasteiger partial charge is 0.494 e. The number of nitrogens with zero attached hydrogens (tertiary/aromatic N) is 2. The van der Waals surface area contributed by atoms with Gasteiger partial charge in [0, 0.05) is 31.1 Å². The molecule has 2 saturated heterocycles. The summed E-state index contributed by atoms with van der Waals surface area (Å²) in [5.74, 6) is -2.05. The predicted octanol–water partition coefficient (Wildman–Crippen LogP) is 3.46. The van der Waals surface area contributed by atoms with Gasteiger partial charge in [-0.15, -0.1) is 0 Å². The molecular formula is C20H28F2N2O2. The van der Waals surface area contributed by atoms with Crippen molar-refractivity contribution in [2.75, 3.05) is 39.3 Å². The highest BCUT2D eigenvalue weighted by molar-refractivity contribution is 5.97. The van der Waals surface area contributed by atoms with Gasteiger partial charge in [-0.25, -0.2) is 8.78 Å². The average Bonchev–Trinajstić information content (AvgIpc) is 3.17. The lowest BCUT2D eigenvalue weighted by atomic mass is 10.1. The Morgan fingerprint density at radius 2 is 2.04 bits per heavy atom. The first-order valence-corrected chi connectivity index (χ1v) is 9.53. The SMILES string of the molecule is C[C@@H]1CCCN1CCCOc1ccc(C(=O)CN2CCC(F)(F)C2)cc1. The monoisotopic (exact) mass is 366 g/mol. The lowest BCUT2D eigenvalue weighted by Gasteiger charge is -2.20. The number of halogens is 2. The molecule has 0 bridgehead atoms. The Kier molecular flexibility index (Phi) is 6.24. The Morgan fingerprint density at radius 1 is 1.27 bits per heavy atom. The molecule has 1 aromatic carbocycles. The van der Waals surface area contributed by atoms with Crippen molar-refractivity contribution in [3.8, 4) is 5.75 Å². The molecule has 3 rings (SSSR count). The molecule has 26 heavy (non-hydrogen) atoms. The smallest absolute Gasteiger partial charge is 0.261 e. The van der Waals surface area contributed by atoms with Crippen LogP contribution in [0.2, 0.25) is 0 Å². The molecule has 2 aliphatic rings. The van der Waals surface area contributed by atoms with E-state index in [1.165, 1.54) is 24.3 Å². The van der Waals surface area contributed by atoms with E-state index in [1.807, 2.05) is 0 Å². The molecule has 0 aliphatic carbocycles. The van der Waals surface area contributed by atoms with E-state index in [9.17, 15) is 13.6 Å². The number of benzene rings is 1. The van der Waals surface area contributed by atoms with Crippen molar-refractivity contribution in [3.05, 3.63) is 29.8 Å². The lowest BCUT2D eigenvalue weighted by Crippen LogP contribution is -2.30. The molecule has 1 atom stereocenters. The van der Waals surface area contributed by atoms with Crippen LogP contribution >= 0.6 is 0 Å². The van der Waals surface area contributed by atoms with Crippen LogP contribution in [0.4, 0.5) is 8.78 Å². The van der Waals surface area contributed by atoms with Gasteiger partial charge in [0.1, 0.15) is 5.75 Å². The number of rotatable bonds is 8. The van der Waals surface area contributed by atoms with Crippen LogP contribution in [0.15, 0.2) is 24.3 Å². The number of alkyl halides is 2. The fraction of sp³-hybridized carbons (Fsp3) is 0.650. The van der Waals surface area contributed by atoms with E-state index in [0.717, 1.165) is 18.7 Å². The van der Waals surface area contributed by atoms with Crippen LogP contribution in [-0.2, 0) is 0 Å². The van der Waals surface area contributed by atoms with E-state index < -0.39 is 5.92 Å². The highest BCUT2D eigenvalue weighted by Crippen LogP contribution is 2.26. The van der Waals surface area contributed by atoms with E-state index in [1.54, 1.807) is 24.3 Å². The maximum atomic E-state index is 13.2. The van der Waals surface area contributed by atoms with Gasteiger partial charge in [0.15, 0.2) is 5.78 Å². The molecular weight excluding hydrogens is 338 g/mol. The first-order valence-electron chi connectivity index (χ1n) is 9.53. The number of likely N-dealkylation sites (tertiary alicyclic amines) is 2. The number of hydrogen-bond acceptors (Lipinski definition) is 4. The van der Waals surface area contributed by atoms with Gasteiger partial charge in [0.2, 0.25) is 0 Å². The minimum atomic E-state index is -2.66. The van der Waals surface area contributed by atoms with Gasteiger partial charge in [0.25, 0.3) is 5.92 Å². The van der Waals surface area contributed by atoms with Gasteiger partial charge in [-0.05, 0) is 57.0 Å². The third-order valence-corrected chi connectivity index (χ3v) is 5.34. The fourth-order valence-corrected chi connectivity index (χ4v) is 3.76. The Morgan fingerprint density at radius 3 is 2.65 bits per heavy atom.